The molecule has 4 N–H and O–H groups in total. The standard InChI is InChI=1S/C21H26BrN5O4S2/c22-14-3-1-4-17(13-14)25-21(29)26-10-11-27(33(30,31)18-5-2-12-32-18)20(26)19(28)24-16-8-6-15(23)7-9-16/h1-5,12-13,15-16,20H,6-11,23H2,(H,24,28)(H,25,29). The highest BCUT2D eigenvalue weighted by atomic mass is 79.9. The summed E-state index contributed by atoms with van der Waals surface area (Å²) >= 11 is 4.44. The van der Waals surface area contributed by atoms with Crippen molar-refractivity contribution >= 4 is 54.9 Å². The fourth-order valence-electron chi connectivity index (χ4n) is 4.17. The van der Waals surface area contributed by atoms with E-state index in [-0.39, 0.29) is 29.4 Å². The molecule has 1 aliphatic heterocycles. The van der Waals surface area contributed by atoms with Gasteiger partial charge < -0.3 is 16.4 Å². The number of rotatable bonds is 5. The number of sulfonamides is 1. The molecule has 1 aliphatic carbocycles. The SMILES string of the molecule is NC1CCC(NC(=O)C2N(C(=O)Nc3cccc(Br)c3)CCN2S(=O)(=O)c2cccs2)CC1. The molecule has 2 fully saturated rings. The molecule has 2 heterocycles. The highest BCUT2D eigenvalue weighted by Gasteiger charge is 2.47. The number of nitrogens with one attached hydrogen (secondary N) is 2. The van der Waals surface area contributed by atoms with Gasteiger partial charge in [0.1, 0.15) is 4.21 Å². The number of halogens is 1. The number of hydrogen-bond acceptors (Lipinski definition) is 6. The zero-order chi connectivity index (χ0) is 23.6. The third-order valence-corrected chi connectivity index (χ3v) is 9.60. The first-order valence-electron chi connectivity index (χ1n) is 10.7. The van der Waals surface area contributed by atoms with Crippen LogP contribution in [0.25, 0.3) is 0 Å². The van der Waals surface area contributed by atoms with Gasteiger partial charge in [0.2, 0.25) is 0 Å². The summed E-state index contributed by atoms with van der Waals surface area (Å²) in [6.45, 7) is 0.123. The summed E-state index contributed by atoms with van der Waals surface area (Å²) in [4.78, 5) is 27.8. The second-order valence-electron chi connectivity index (χ2n) is 8.18. The summed E-state index contributed by atoms with van der Waals surface area (Å²) in [7, 11) is -3.94. The van der Waals surface area contributed by atoms with Crippen molar-refractivity contribution in [1.82, 2.24) is 14.5 Å². The molecular formula is C21H26BrN5O4S2. The van der Waals surface area contributed by atoms with Crippen LogP contribution in [0.5, 0.6) is 0 Å². The smallest absolute Gasteiger partial charge is 0.323 e. The zero-order valence-electron chi connectivity index (χ0n) is 17.8. The molecule has 4 rings (SSSR count). The van der Waals surface area contributed by atoms with Gasteiger partial charge in [-0.1, -0.05) is 28.1 Å². The average molecular weight is 557 g/mol. The summed E-state index contributed by atoms with van der Waals surface area (Å²) in [5.74, 6) is -0.502. The van der Waals surface area contributed by atoms with Crippen molar-refractivity contribution in [2.75, 3.05) is 18.4 Å². The van der Waals surface area contributed by atoms with Crippen LogP contribution < -0.4 is 16.4 Å². The molecule has 33 heavy (non-hydrogen) atoms. The number of urea groups is 1. The number of carbonyl (C=O) groups is 2. The Kier molecular flexibility index (Phi) is 7.39. The lowest BCUT2D eigenvalue weighted by atomic mass is 9.92. The first-order chi connectivity index (χ1) is 15.8. The van der Waals surface area contributed by atoms with E-state index >= 15 is 0 Å². The highest BCUT2D eigenvalue weighted by Crippen LogP contribution is 2.29. The van der Waals surface area contributed by atoms with Crippen LogP contribution in [0.2, 0.25) is 0 Å². The largest absolute Gasteiger partial charge is 0.350 e. The van der Waals surface area contributed by atoms with E-state index in [9.17, 15) is 18.0 Å². The molecule has 2 aliphatic rings. The molecule has 3 amide bonds. The van der Waals surface area contributed by atoms with Crippen molar-refractivity contribution in [1.29, 1.82) is 0 Å². The molecule has 1 aromatic carbocycles. The van der Waals surface area contributed by atoms with Gasteiger partial charge in [-0.05, 0) is 55.3 Å². The predicted molar refractivity (Wildman–Crippen MR) is 130 cm³/mol. The lowest BCUT2D eigenvalue weighted by Crippen LogP contribution is -2.56. The van der Waals surface area contributed by atoms with Crippen molar-refractivity contribution in [3.05, 3.63) is 46.3 Å². The van der Waals surface area contributed by atoms with Crippen LogP contribution >= 0.6 is 27.3 Å². The molecule has 12 heteroatoms. The molecule has 0 radical (unpaired) electrons. The Labute approximate surface area is 205 Å². The number of thiophene rings is 1. The fourth-order valence-corrected chi connectivity index (χ4v) is 7.23. The van der Waals surface area contributed by atoms with Gasteiger partial charge in [0.25, 0.3) is 15.9 Å². The maximum Gasteiger partial charge on any atom is 0.323 e. The average Bonchev–Trinajstić information content (AvgIpc) is 3.46. The van der Waals surface area contributed by atoms with Crippen molar-refractivity contribution in [2.24, 2.45) is 5.73 Å². The quantitative estimate of drug-likeness (QED) is 0.523. The summed E-state index contributed by atoms with van der Waals surface area (Å²) in [5, 5.41) is 7.40. The zero-order valence-corrected chi connectivity index (χ0v) is 21.0. The van der Waals surface area contributed by atoms with Crippen LogP contribution in [0.3, 0.4) is 0 Å². The van der Waals surface area contributed by atoms with Gasteiger partial charge in [-0.25, -0.2) is 13.2 Å². The van der Waals surface area contributed by atoms with Crippen LogP contribution in [0.1, 0.15) is 25.7 Å². The molecule has 1 unspecified atom stereocenters. The van der Waals surface area contributed by atoms with E-state index in [0.29, 0.717) is 5.69 Å². The summed E-state index contributed by atoms with van der Waals surface area (Å²) in [5.41, 5.74) is 6.50. The van der Waals surface area contributed by atoms with Crippen LogP contribution in [0, 0.1) is 0 Å². The number of nitrogens with two attached hydrogens (primary N) is 1. The fraction of sp³-hybridized carbons (Fsp3) is 0.429. The Balaban J connectivity index is 1.58. The van der Waals surface area contributed by atoms with Gasteiger partial charge in [-0.2, -0.15) is 4.31 Å². The molecule has 1 aromatic heterocycles. The second kappa shape index (κ2) is 10.1. The van der Waals surface area contributed by atoms with E-state index in [1.165, 1.54) is 11.0 Å². The Morgan fingerprint density at radius 3 is 2.52 bits per heavy atom. The molecule has 1 saturated carbocycles. The third kappa shape index (κ3) is 5.40. The Hall–Kier alpha value is -1.99. The molecule has 0 spiro atoms. The van der Waals surface area contributed by atoms with Gasteiger partial charge in [-0.3, -0.25) is 9.69 Å². The maximum absolute atomic E-state index is 13.4. The van der Waals surface area contributed by atoms with Crippen LogP contribution in [0.15, 0.2) is 50.5 Å². The molecule has 0 bridgehead atoms. The van der Waals surface area contributed by atoms with Crippen LogP contribution in [-0.4, -0.2) is 60.9 Å². The number of nitrogens with zero attached hydrogens (tertiary/aromatic N) is 2. The van der Waals surface area contributed by atoms with Crippen molar-refractivity contribution in [3.8, 4) is 0 Å². The maximum atomic E-state index is 13.4. The Morgan fingerprint density at radius 1 is 1.09 bits per heavy atom. The monoisotopic (exact) mass is 555 g/mol. The topological polar surface area (TPSA) is 125 Å². The molecule has 1 atom stereocenters. The Bertz CT molecular complexity index is 1100. The van der Waals surface area contributed by atoms with Gasteiger partial charge >= 0.3 is 6.03 Å². The van der Waals surface area contributed by atoms with E-state index in [1.807, 2.05) is 6.07 Å². The third-order valence-electron chi connectivity index (χ3n) is 5.88. The van der Waals surface area contributed by atoms with Crippen LogP contribution in [-0.2, 0) is 14.8 Å². The summed E-state index contributed by atoms with van der Waals surface area (Å²) in [6.07, 6.45) is 1.75. The van der Waals surface area contributed by atoms with Crippen molar-refractivity contribution in [2.45, 2.75) is 48.1 Å². The number of benzene rings is 1. The molecular weight excluding hydrogens is 530 g/mol. The minimum Gasteiger partial charge on any atom is -0.350 e. The number of carbonyl (C=O) groups excluding carboxylic acids is 2. The molecule has 9 nitrogen and oxygen atoms in total. The van der Waals surface area contributed by atoms with Gasteiger partial charge in [-0.15, -0.1) is 11.3 Å². The predicted octanol–water partition coefficient (Wildman–Crippen LogP) is 2.76. The molecule has 1 saturated heterocycles. The van der Waals surface area contributed by atoms with Gasteiger partial charge in [0.15, 0.2) is 6.17 Å². The first kappa shape index (κ1) is 24.1. The van der Waals surface area contributed by atoms with Gasteiger partial charge in [0.05, 0.1) is 0 Å². The minimum atomic E-state index is -3.94. The van der Waals surface area contributed by atoms with E-state index in [4.69, 9.17) is 5.73 Å². The van der Waals surface area contributed by atoms with Crippen LogP contribution in [0.4, 0.5) is 10.5 Å². The van der Waals surface area contributed by atoms with Crippen molar-refractivity contribution in [3.63, 3.8) is 0 Å². The molecule has 2 aromatic rings. The van der Waals surface area contributed by atoms with E-state index < -0.39 is 28.1 Å². The normalized spacial score (nSPS) is 23.9. The van der Waals surface area contributed by atoms with E-state index in [2.05, 4.69) is 26.6 Å². The number of hydrogen-bond donors (Lipinski definition) is 3. The summed E-state index contributed by atoms with van der Waals surface area (Å²) in [6, 6.07) is 9.68. The number of anilines is 1. The van der Waals surface area contributed by atoms with E-state index in [0.717, 1.165) is 45.8 Å². The highest BCUT2D eigenvalue weighted by molar-refractivity contribution is 9.10. The first-order valence-corrected chi connectivity index (χ1v) is 13.8. The minimum absolute atomic E-state index is 0.0275. The molecule has 178 valence electrons. The number of amides is 3. The second-order valence-corrected chi connectivity index (χ2v) is 12.2. The van der Waals surface area contributed by atoms with Crippen molar-refractivity contribution < 1.29 is 18.0 Å². The Morgan fingerprint density at radius 2 is 1.85 bits per heavy atom. The lowest BCUT2D eigenvalue weighted by Gasteiger charge is -2.32. The van der Waals surface area contributed by atoms with Gasteiger partial charge in [0, 0.05) is 35.3 Å². The van der Waals surface area contributed by atoms with E-state index in [1.54, 1.807) is 29.6 Å². The summed E-state index contributed by atoms with van der Waals surface area (Å²) < 4.78 is 28.6. The lowest BCUT2D eigenvalue weighted by molar-refractivity contribution is -0.128.